The molecule has 0 aromatic heterocycles. The van der Waals surface area contributed by atoms with E-state index in [4.69, 9.17) is 5.11 Å². The number of amides is 2. The Balaban J connectivity index is 1.62. The van der Waals surface area contributed by atoms with Gasteiger partial charge in [0.05, 0.1) is 5.92 Å². The molecule has 5 nitrogen and oxygen atoms in total. The molecular weight excluding hydrogens is 256 g/mol. The van der Waals surface area contributed by atoms with Gasteiger partial charge in [0.15, 0.2) is 0 Å². The van der Waals surface area contributed by atoms with Gasteiger partial charge in [-0.2, -0.15) is 0 Å². The third-order valence-electron chi connectivity index (χ3n) is 4.34. The van der Waals surface area contributed by atoms with Gasteiger partial charge in [-0.25, -0.2) is 4.79 Å². The smallest absolute Gasteiger partial charge is 0.315 e. The van der Waals surface area contributed by atoms with Crippen molar-refractivity contribution in [3.8, 4) is 0 Å². The van der Waals surface area contributed by atoms with E-state index < -0.39 is 5.97 Å². The Morgan fingerprint density at radius 2 is 1.85 bits per heavy atom. The van der Waals surface area contributed by atoms with Gasteiger partial charge in [-0.05, 0) is 50.9 Å². The van der Waals surface area contributed by atoms with E-state index in [0.29, 0.717) is 18.8 Å². The van der Waals surface area contributed by atoms with Crippen LogP contribution in [0.2, 0.25) is 0 Å². The summed E-state index contributed by atoms with van der Waals surface area (Å²) in [6, 6.07) is 0.00943. The second kappa shape index (κ2) is 7.31. The van der Waals surface area contributed by atoms with Gasteiger partial charge < -0.3 is 15.7 Å². The number of carboxylic acids is 1. The molecule has 1 atom stereocenters. The number of hydrogen-bond donors (Lipinski definition) is 3. The summed E-state index contributed by atoms with van der Waals surface area (Å²) < 4.78 is 0. The van der Waals surface area contributed by atoms with Crippen LogP contribution in [0, 0.1) is 11.8 Å². The molecular formula is C15H24N2O3. The maximum atomic E-state index is 11.8. The molecule has 112 valence electrons. The second-order valence-corrected chi connectivity index (χ2v) is 5.89. The number of carbonyl (C=O) groups excluding carboxylic acids is 1. The van der Waals surface area contributed by atoms with E-state index in [1.165, 1.54) is 0 Å². The molecule has 0 bridgehead atoms. The maximum absolute atomic E-state index is 11.8. The van der Waals surface area contributed by atoms with Crippen LogP contribution >= 0.6 is 0 Å². The molecule has 0 radical (unpaired) electrons. The Morgan fingerprint density at radius 3 is 2.45 bits per heavy atom. The average Bonchev–Trinajstić information content (AvgIpc) is 2.47. The van der Waals surface area contributed by atoms with Crippen LogP contribution in [0.25, 0.3) is 0 Å². The van der Waals surface area contributed by atoms with Crippen molar-refractivity contribution in [3.63, 3.8) is 0 Å². The highest BCUT2D eigenvalue weighted by Gasteiger charge is 2.26. The number of rotatable bonds is 4. The largest absolute Gasteiger partial charge is 0.481 e. The number of hydrogen-bond acceptors (Lipinski definition) is 2. The molecule has 2 amide bonds. The fraction of sp³-hybridized carbons (Fsp3) is 0.733. The average molecular weight is 280 g/mol. The standard InChI is InChI=1S/C15H24N2O3/c18-14(19)12-6-8-13(9-7-12)17-15(20)16-10-11-4-2-1-3-5-11/h1-2,11-13H,3-10H2,(H,18,19)(H2,16,17,20). The molecule has 0 spiro atoms. The highest BCUT2D eigenvalue weighted by molar-refractivity contribution is 5.74. The SMILES string of the molecule is O=C(NCC1CC=CCC1)NC1CCC(C(=O)O)CC1. The van der Waals surface area contributed by atoms with Crippen molar-refractivity contribution in [2.45, 2.75) is 51.0 Å². The van der Waals surface area contributed by atoms with Crippen molar-refractivity contribution in [1.82, 2.24) is 10.6 Å². The van der Waals surface area contributed by atoms with E-state index >= 15 is 0 Å². The third kappa shape index (κ3) is 4.54. The van der Waals surface area contributed by atoms with Crippen molar-refractivity contribution in [3.05, 3.63) is 12.2 Å². The van der Waals surface area contributed by atoms with Crippen LogP contribution in [-0.2, 0) is 4.79 Å². The molecule has 0 heterocycles. The van der Waals surface area contributed by atoms with E-state index in [-0.39, 0.29) is 18.0 Å². The van der Waals surface area contributed by atoms with E-state index in [1.54, 1.807) is 0 Å². The van der Waals surface area contributed by atoms with Gasteiger partial charge in [0, 0.05) is 12.6 Å². The molecule has 1 fully saturated rings. The molecule has 5 heteroatoms. The van der Waals surface area contributed by atoms with Gasteiger partial charge in [-0.15, -0.1) is 0 Å². The molecule has 0 aromatic carbocycles. The summed E-state index contributed by atoms with van der Waals surface area (Å²) in [7, 11) is 0. The zero-order chi connectivity index (χ0) is 14.4. The van der Waals surface area contributed by atoms with Gasteiger partial charge in [-0.1, -0.05) is 12.2 Å². The normalized spacial score (nSPS) is 29.7. The Bertz CT molecular complexity index is 373. The highest BCUT2D eigenvalue weighted by Crippen LogP contribution is 2.24. The van der Waals surface area contributed by atoms with Crippen LogP contribution in [0.15, 0.2) is 12.2 Å². The zero-order valence-electron chi connectivity index (χ0n) is 11.8. The quantitative estimate of drug-likeness (QED) is 0.691. The third-order valence-corrected chi connectivity index (χ3v) is 4.34. The summed E-state index contributed by atoms with van der Waals surface area (Å²) in [5.74, 6) is -0.392. The second-order valence-electron chi connectivity index (χ2n) is 5.89. The molecule has 1 unspecified atom stereocenters. The first kappa shape index (κ1) is 14.9. The number of nitrogens with one attached hydrogen (secondary N) is 2. The van der Waals surface area contributed by atoms with Gasteiger partial charge in [0.2, 0.25) is 0 Å². The van der Waals surface area contributed by atoms with Crippen molar-refractivity contribution >= 4 is 12.0 Å². The van der Waals surface area contributed by atoms with Crippen LogP contribution in [-0.4, -0.2) is 29.7 Å². The Kier molecular flexibility index (Phi) is 5.44. The van der Waals surface area contributed by atoms with Crippen molar-refractivity contribution in [2.75, 3.05) is 6.54 Å². The predicted molar refractivity (Wildman–Crippen MR) is 76.4 cm³/mol. The minimum Gasteiger partial charge on any atom is -0.481 e. The number of carbonyl (C=O) groups is 2. The van der Waals surface area contributed by atoms with E-state index in [9.17, 15) is 9.59 Å². The van der Waals surface area contributed by atoms with Gasteiger partial charge in [-0.3, -0.25) is 4.79 Å². The monoisotopic (exact) mass is 280 g/mol. The van der Waals surface area contributed by atoms with E-state index in [1.807, 2.05) is 0 Å². The van der Waals surface area contributed by atoms with Crippen LogP contribution < -0.4 is 10.6 Å². The first-order chi connectivity index (χ1) is 9.65. The topological polar surface area (TPSA) is 78.4 Å². The summed E-state index contributed by atoms with van der Waals surface area (Å²) in [6.45, 7) is 0.723. The van der Waals surface area contributed by atoms with Crippen molar-refractivity contribution in [2.24, 2.45) is 11.8 Å². The lowest BCUT2D eigenvalue weighted by Crippen LogP contribution is -2.45. The lowest BCUT2D eigenvalue weighted by atomic mass is 9.86. The molecule has 0 aromatic rings. The Hall–Kier alpha value is -1.52. The number of urea groups is 1. The number of carboxylic acid groups (broad SMARTS) is 1. The van der Waals surface area contributed by atoms with E-state index in [2.05, 4.69) is 22.8 Å². The predicted octanol–water partition coefficient (Wildman–Crippen LogP) is 2.29. The number of aliphatic carboxylic acids is 1. The highest BCUT2D eigenvalue weighted by atomic mass is 16.4. The van der Waals surface area contributed by atoms with Crippen molar-refractivity contribution < 1.29 is 14.7 Å². The number of allylic oxidation sites excluding steroid dienone is 2. The molecule has 0 saturated heterocycles. The van der Waals surface area contributed by atoms with Crippen molar-refractivity contribution in [1.29, 1.82) is 0 Å². The maximum Gasteiger partial charge on any atom is 0.315 e. The summed E-state index contributed by atoms with van der Waals surface area (Å²) >= 11 is 0. The summed E-state index contributed by atoms with van der Waals surface area (Å²) in [5.41, 5.74) is 0. The fourth-order valence-electron chi connectivity index (χ4n) is 3.00. The fourth-order valence-corrected chi connectivity index (χ4v) is 3.00. The molecule has 2 aliphatic carbocycles. The van der Waals surface area contributed by atoms with Gasteiger partial charge >= 0.3 is 12.0 Å². The Morgan fingerprint density at radius 1 is 1.10 bits per heavy atom. The summed E-state index contributed by atoms with van der Waals surface area (Å²) in [6.07, 6.45) is 10.5. The van der Waals surface area contributed by atoms with Crippen LogP contribution in [0.5, 0.6) is 0 Å². The van der Waals surface area contributed by atoms with Crippen LogP contribution in [0.3, 0.4) is 0 Å². The zero-order valence-corrected chi connectivity index (χ0v) is 11.8. The molecule has 0 aliphatic heterocycles. The lowest BCUT2D eigenvalue weighted by Gasteiger charge is -2.27. The van der Waals surface area contributed by atoms with Gasteiger partial charge in [0.25, 0.3) is 0 Å². The minimum atomic E-state index is -0.710. The molecule has 3 N–H and O–H groups in total. The molecule has 2 aliphatic rings. The molecule has 2 rings (SSSR count). The molecule has 1 saturated carbocycles. The first-order valence-electron chi connectivity index (χ1n) is 7.57. The first-order valence-corrected chi connectivity index (χ1v) is 7.57. The van der Waals surface area contributed by atoms with Crippen LogP contribution in [0.1, 0.15) is 44.9 Å². The van der Waals surface area contributed by atoms with E-state index in [0.717, 1.165) is 38.6 Å². The summed E-state index contributed by atoms with van der Waals surface area (Å²) in [5, 5.41) is 14.8. The Labute approximate surface area is 119 Å². The van der Waals surface area contributed by atoms with Crippen LogP contribution in [0.4, 0.5) is 4.79 Å². The lowest BCUT2D eigenvalue weighted by molar-refractivity contribution is -0.142. The molecule has 20 heavy (non-hydrogen) atoms. The summed E-state index contributed by atoms with van der Waals surface area (Å²) in [4.78, 5) is 22.7. The van der Waals surface area contributed by atoms with Gasteiger partial charge in [0.1, 0.15) is 0 Å². The minimum absolute atomic E-state index is 0.113.